The average Bonchev–Trinajstić information content (AvgIpc) is 3.69. The summed E-state index contributed by atoms with van der Waals surface area (Å²) in [5.74, 6) is 2.19. The van der Waals surface area contributed by atoms with Gasteiger partial charge in [0.2, 0.25) is 5.91 Å². The molecule has 42 heavy (non-hydrogen) atoms. The zero-order valence-corrected chi connectivity index (χ0v) is 23.4. The lowest BCUT2D eigenvalue weighted by atomic mass is 10.0. The molecule has 7 rings (SSSR count). The minimum atomic E-state index is -0.473. The van der Waals surface area contributed by atoms with E-state index in [0.29, 0.717) is 46.1 Å². The van der Waals surface area contributed by atoms with Crippen LogP contribution < -0.4 is 10.1 Å². The molecule has 2 aromatic carbocycles. The molecular weight excluding hydrogens is 533 g/mol. The van der Waals surface area contributed by atoms with Crippen molar-refractivity contribution < 1.29 is 13.9 Å². The number of rotatable bonds is 6. The van der Waals surface area contributed by atoms with Crippen LogP contribution in [0.4, 0.5) is 15.9 Å². The number of nitrogens with one attached hydrogen (secondary N) is 1. The van der Waals surface area contributed by atoms with Crippen LogP contribution in [-0.4, -0.2) is 48.4 Å². The molecule has 1 N–H and O–H groups in total. The minimum absolute atomic E-state index is 0.00527. The van der Waals surface area contributed by atoms with E-state index in [1.165, 1.54) is 18.5 Å². The van der Waals surface area contributed by atoms with Crippen molar-refractivity contribution in [2.24, 2.45) is 18.9 Å². The summed E-state index contributed by atoms with van der Waals surface area (Å²) in [6.07, 6.45) is 6.54. The number of anilines is 2. The molecule has 0 spiro atoms. The Kier molecular flexibility index (Phi) is 6.33. The van der Waals surface area contributed by atoms with Gasteiger partial charge >= 0.3 is 0 Å². The quantitative estimate of drug-likeness (QED) is 0.252. The Morgan fingerprint density at radius 1 is 1.07 bits per heavy atom. The number of imidazole rings is 1. The molecule has 3 atom stereocenters. The number of fused-ring (bicyclic) bond motifs is 3. The Morgan fingerprint density at radius 3 is 2.67 bits per heavy atom. The van der Waals surface area contributed by atoms with Crippen LogP contribution in [0.15, 0.2) is 67.8 Å². The summed E-state index contributed by atoms with van der Waals surface area (Å²) in [5.41, 5.74) is 5.07. The number of ether oxygens (including phenoxy) is 1. The number of benzene rings is 2. The summed E-state index contributed by atoms with van der Waals surface area (Å²) in [6, 6.07) is 12.7. The first-order valence-corrected chi connectivity index (χ1v) is 14.1. The van der Waals surface area contributed by atoms with E-state index in [0.717, 1.165) is 48.2 Å². The van der Waals surface area contributed by atoms with Crippen LogP contribution in [0.25, 0.3) is 22.1 Å². The third kappa shape index (κ3) is 4.62. The summed E-state index contributed by atoms with van der Waals surface area (Å²) in [6.45, 7) is 7.03. The fraction of sp³-hybridized carbons (Fsp3) is 0.281. The highest BCUT2D eigenvalue weighted by Crippen LogP contribution is 2.46. The van der Waals surface area contributed by atoms with E-state index >= 15 is 4.39 Å². The lowest BCUT2D eigenvalue weighted by Gasteiger charge is -2.18. The number of nitrogens with zero attached hydrogens (tertiary/aromatic N) is 6. The van der Waals surface area contributed by atoms with Crippen LogP contribution in [0.3, 0.4) is 0 Å². The van der Waals surface area contributed by atoms with Gasteiger partial charge in [0.1, 0.15) is 29.2 Å². The fourth-order valence-electron chi connectivity index (χ4n) is 6.43. The Morgan fingerprint density at radius 2 is 1.88 bits per heavy atom. The van der Waals surface area contributed by atoms with Crippen molar-refractivity contribution in [2.75, 3.05) is 18.4 Å². The lowest BCUT2D eigenvalue weighted by Crippen LogP contribution is -2.27. The molecule has 1 aliphatic carbocycles. The predicted octanol–water partition coefficient (Wildman–Crippen LogP) is 6.03. The number of aromatic nitrogens is 5. The number of halogens is 1. The molecule has 2 aliphatic rings. The zero-order valence-electron chi connectivity index (χ0n) is 23.4. The van der Waals surface area contributed by atoms with Crippen molar-refractivity contribution in [3.63, 3.8) is 0 Å². The van der Waals surface area contributed by atoms with Crippen molar-refractivity contribution in [1.29, 1.82) is 0 Å². The number of carbonyl (C=O) groups excluding carboxylic acids is 1. The number of pyridine rings is 1. The van der Waals surface area contributed by atoms with Gasteiger partial charge in [0.15, 0.2) is 5.82 Å². The summed E-state index contributed by atoms with van der Waals surface area (Å²) in [4.78, 5) is 32.1. The maximum Gasteiger partial charge on any atom is 0.245 e. The van der Waals surface area contributed by atoms with Crippen LogP contribution in [0, 0.1) is 24.6 Å². The first-order valence-electron chi connectivity index (χ1n) is 14.1. The molecule has 0 unspecified atom stereocenters. The molecule has 5 aromatic rings. The van der Waals surface area contributed by atoms with Crippen molar-refractivity contribution in [2.45, 2.75) is 25.7 Å². The highest BCUT2D eigenvalue weighted by molar-refractivity contribution is 5.88. The smallest absolute Gasteiger partial charge is 0.245 e. The number of hydrogen-bond donors (Lipinski definition) is 1. The van der Waals surface area contributed by atoms with Gasteiger partial charge in [-0.05, 0) is 73.6 Å². The number of amides is 1. The van der Waals surface area contributed by atoms with E-state index in [-0.39, 0.29) is 11.6 Å². The lowest BCUT2D eigenvalue weighted by molar-refractivity contribution is -0.125. The van der Waals surface area contributed by atoms with Crippen LogP contribution in [0.5, 0.6) is 11.5 Å². The molecule has 4 heterocycles. The largest absolute Gasteiger partial charge is 0.457 e. The van der Waals surface area contributed by atoms with Crippen LogP contribution in [0.1, 0.15) is 30.0 Å². The Hall–Kier alpha value is -4.86. The normalized spacial score (nSPS) is 19.8. The molecule has 10 heteroatoms. The second kappa shape index (κ2) is 10.2. The second-order valence-corrected chi connectivity index (χ2v) is 11.3. The van der Waals surface area contributed by atoms with Gasteiger partial charge in [-0.1, -0.05) is 6.58 Å². The van der Waals surface area contributed by atoms with Crippen molar-refractivity contribution in [3.8, 4) is 11.5 Å². The van der Waals surface area contributed by atoms with Gasteiger partial charge in [-0.15, -0.1) is 0 Å². The molecular formula is C32H30FN7O2. The number of likely N-dealkylation sites (tertiary alicyclic amines) is 1. The standard InChI is InChI=1S/C32H30FN7O2/c1-4-30(41)40-14-20-10-19(11-21(20)15-40)24-6-7-25-31(37-24)32(35-16-34-25)38-26-9-18(2)29(13-23(26)33)42-22-5-8-28-27(12-22)36-17-39(28)3/h4-9,12-13,16-17,19-21H,1,10-11,14-15H2,2-3H3,(H,34,35,38)/t19-,20+,21-. The molecule has 1 saturated carbocycles. The summed E-state index contributed by atoms with van der Waals surface area (Å²) in [7, 11) is 1.93. The van der Waals surface area contributed by atoms with Crippen LogP contribution in [0.2, 0.25) is 0 Å². The topological polar surface area (TPSA) is 98.1 Å². The van der Waals surface area contributed by atoms with Gasteiger partial charge in [0.25, 0.3) is 0 Å². The Bertz CT molecular complexity index is 1860. The highest BCUT2D eigenvalue weighted by atomic mass is 19.1. The Balaban J connectivity index is 1.11. The molecule has 1 saturated heterocycles. The SMILES string of the molecule is C=CC(=O)N1C[C@H]2C[C@H](c3ccc4ncnc(Nc5cc(C)c(Oc6ccc7c(c6)ncn7C)cc5F)c4n3)C[C@H]2C1. The first-order chi connectivity index (χ1) is 20.4. The average molecular weight is 564 g/mol. The fourth-order valence-corrected chi connectivity index (χ4v) is 6.43. The van der Waals surface area contributed by atoms with Gasteiger partial charge in [0.05, 0.1) is 28.6 Å². The molecule has 1 aliphatic heterocycles. The van der Waals surface area contributed by atoms with Crippen LogP contribution in [-0.2, 0) is 11.8 Å². The molecule has 0 radical (unpaired) electrons. The zero-order chi connectivity index (χ0) is 29.0. The molecule has 212 valence electrons. The van der Waals surface area contributed by atoms with Gasteiger partial charge in [-0.2, -0.15) is 0 Å². The number of carbonyl (C=O) groups is 1. The van der Waals surface area contributed by atoms with Gasteiger partial charge < -0.3 is 19.5 Å². The molecule has 9 nitrogen and oxygen atoms in total. The second-order valence-electron chi connectivity index (χ2n) is 11.3. The van der Waals surface area contributed by atoms with E-state index in [2.05, 4.69) is 26.8 Å². The van der Waals surface area contributed by atoms with Crippen molar-refractivity contribution in [1.82, 2.24) is 29.4 Å². The molecule has 0 bridgehead atoms. The summed E-state index contributed by atoms with van der Waals surface area (Å²) in [5, 5.41) is 3.15. The predicted molar refractivity (Wildman–Crippen MR) is 158 cm³/mol. The van der Waals surface area contributed by atoms with E-state index < -0.39 is 5.82 Å². The maximum absolute atomic E-state index is 15.4. The van der Waals surface area contributed by atoms with Crippen LogP contribution >= 0.6 is 0 Å². The van der Waals surface area contributed by atoms with Gasteiger partial charge in [0, 0.05) is 43.9 Å². The molecule has 2 fully saturated rings. The van der Waals surface area contributed by atoms with Gasteiger partial charge in [-0.25, -0.2) is 24.3 Å². The highest BCUT2D eigenvalue weighted by Gasteiger charge is 2.42. The minimum Gasteiger partial charge on any atom is -0.457 e. The van der Waals surface area contributed by atoms with Crippen molar-refractivity contribution >= 4 is 39.5 Å². The maximum atomic E-state index is 15.4. The Labute approximate surface area is 242 Å². The monoisotopic (exact) mass is 563 g/mol. The van der Waals surface area contributed by atoms with Gasteiger partial charge in [-0.3, -0.25) is 4.79 Å². The first kappa shape index (κ1) is 26.1. The third-order valence-corrected chi connectivity index (χ3v) is 8.60. The van der Waals surface area contributed by atoms with E-state index in [1.54, 1.807) is 12.4 Å². The summed E-state index contributed by atoms with van der Waals surface area (Å²) < 4.78 is 23.4. The molecule has 3 aromatic heterocycles. The van der Waals surface area contributed by atoms with E-state index in [9.17, 15) is 4.79 Å². The number of hydrogen-bond acceptors (Lipinski definition) is 7. The summed E-state index contributed by atoms with van der Waals surface area (Å²) >= 11 is 0. The van der Waals surface area contributed by atoms with Crippen molar-refractivity contribution in [3.05, 3.63) is 84.8 Å². The number of aryl methyl sites for hydroxylation is 2. The molecule has 1 amide bonds. The van der Waals surface area contributed by atoms with E-state index in [1.807, 2.05) is 53.8 Å². The third-order valence-electron chi connectivity index (χ3n) is 8.60. The van der Waals surface area contributed by atoms with E-state index in [4.69, 9.17) is 9.72 Å².